The minimum absolute atomic E-state index is 0.111. The summed E-state index contributed by atoms with van der Waals surface area (Å²) in [5.74, 6) is 0.434. The van der Waals surface area contributed by atoms with E-state index in [4.69, 9.17) is 11.6 Å². The van der Waals surface area contributed by atoms with Crippen molar-refractivity contribution >= 4 is 27.3 Å². The molecule has 0 bridgehead atoms. The molecule has 0 amide bonds. The van der Waals surface area contributed by atoms with Gasteiger partial charge in [0.15, 0.2) is 21.5 Å². The molecule has 3 rings (SSSR count). The molecule has 0 radical (unpaired) electrons. The van der Waals surface area contributed by atoms with Crippen molar-refractivity contribution in [2.24, 2.45) is 0 Å². The zero-order valence-electron chi connectivity index (χ0n) is 11.5. The van der Waals surface area contributed by atoms with Crippen molar-refractivity contribution in [2.75, 3.05) is 42.6 Å². The second kappa shape index (κ2) is 5.70. The van der Waals surface area contributed by atoms with E-state index in [1.54, 1.807) is 0 Å². The molecule has 0 aliphatic carbocycles. The summed E-state index contributed by atoms with van der Waals surface area (Å²) in [6.45, 7) is 2.73. The lowest BCUT2D eigenvalue weighted by atomic mass is 10.2. The highest BCUT2D eigenvalue weighted by molar-refractivity contribution is 7.91. The van der Waals surface area contributed by atoms with Crippen molar-refractivity contribution in [2.45, 2.75) is 12.5 Å². The van der Waals surface area contributed by atoms with E-state index in [1.165, 1.54) is 12.3 Å². The molecule has 0 spiro atoms. The second-order valence-corrected chi connectivity index (χ2v) is 8.20. The summed E-state index contributed by atoms with van der Waals surface area (Å²) in [7, 11) is -2.86. The molecule has 3 heterocycles. The number of halogens is 2. The van der Waals surface area contributed by atoms with Gasteiger partial charge in [-0.1, -0.05) is 11.6 Å². The number of sulfone groups is 1. The quantitative estimate of drug-likeness (QED) is 0.813. The van der Waals surface area contributed by atoms with Gasteiger partial charge in [0.1, 0.15) is 0 Å². The molecular formula is C13H17ClFN3O2S. The van der Waals surface area contributed by atoms with Crippen LogP contribution in [0.4, 0.5) is 10.2 Å². The summed E-state index contributed by atoms with van der Waals surface area (Å²) >= 11 is 5.71. The molecule has 1 atom stereocenters. The van der Waals surface area contributed by atoms with Crippen molar-refractivity contribution < 1.29 is 12.8 Å². The summed E-state index contributed by atoms with van der Waals surface area (Å²) < 4.78 is 36.9. The Morgan fingerprint density at radius 3 is 2.57 bits per heavy atom. The molecule has 1 aromatic rings. The number of anilines is 1. The minimum atomic E-state index is -2.86. The Hall–Kier alpha value is -0.920. The lowest BCUT2D eigenvalue weighted by molar-refractivity contribution is 0.200. The predicted molar refractivity (Wildman–Crippen MR) is 80.0 cm³/mol. The van der Waals surface area contributed by atoms with Crippen LogP contribution in [0.1, 0.15) is 6.42 Å². The monoisotopic (exact) mass is 333 g/mol. The molecule has 0 aromatic carbocycles. The van der Waals surface area contributed by atoms with Gasteiger partial charge in [0.2, 0.25) is 0 Å². The van der Waals surface area contributed by atoms with E-state index >= 15 is 0 Å². The molecule has 0 N–H and O–H groups in total. The minimum Gasteiger partial charge on any atom is -0.352 e. The molecule has 2 aliphatic rings. The number of aromatic nitrogens is 1. The third-order valence-electron chi connectivity index (χ3n) is 4.13. The summed E-state index contributed by atoms with van der Waals surface area (Å²) in [5.41, 5.74) is 0. The number of hydrogen-bond donors (Lipinski definition) is 0. The third kappa shape index (κ3) is 3.30. The van der Waals surface area contributed by atoms with Crippen molar-refractivity contribution in [1.82, 2.24) is 9.88 Å². The normalized spacial score (nSPS) is 26.2. The maximum absolute atomic E-state index is 13.9. The fourth-order valence-electron chi connectivity index (χ4n) is 3.00. The van der Waals surface area contributed by atoms with E-state index in [2.05, 4.69) is 9.88 Å². The fourth-order valence-corrected chi connectivity index (χ4v) is 4.91. The van der Waals surface area contributed by atoms with Gasteiger partial charge in [0.05, 0.1) is 16.5 Å². The van der Waals surface area contributed by atoms with E-state index in [-0.39, 0.29) is 22.6 Å². The van der Waals surface area contributed by atoms with Crippen LogP contribution in [0.3, 0.4) is 0 Å². The largest absolute Gasteiger partial charge is 0.352 e. The van der Waals surface area contributed by atoms with Gasteiger partial charge in [-0.2, -0.15) is 0 Å². The van der Waals surface area contributed by atoms with E-state index in [9.17, 15) is 12.8 Å². The number of nitrogens with zero attached hydrogens (tertiary/aromatic N) is 3. The summed E-state index contributed by atoms with van der Waals surface area (Å²) in [4.78, 5) is 8.12. The molecule has 0 saturated carbocycles. The standard InChI is InChI=1S/C13H17ClFN3O2S/c14-10-7-12(15)13(16-8-10)18-4-2-17(3-5-18)11-1-6-21(19,20)9-11/h7-8,11H,1-6,9H2. The van der Waals surface area contributed by atoms with Crippen molar-refractivity contribution in [3.63, 3.8) is 0 Å². The van der Waals surface area contributed by atoms with Gasteiger partial charge >= 0.3 is 0 Å². The van der Waals surface area contributed by atoms with Crippen LogP contribution in [0, 0.1) is 5.82 Å². The first-order valence-corrected chi connectivity index (χ1v) is 9.15. The van der Waals surface area contributed by atoms with Crippen LogP contribution in [0.2, 0.25) is 5.02 Å². The highest BCUT2D eigenvalue weighted by atomic mass is 35.5. The van der Waals surface area contributed by atoms with Crippen molar-refractivity contribution in [1.29, 1.82) is 0 Å². The van der Waals surface area contributed by atoms with Gasteiger partial charge in [-0.3, -0.25) is 4.90 Å². The number of piperazine rings is 1. The summed E-state index contributed by atoms with van der Waals surface area (Å²) in [6.07, 6.45) is 2.14. The molecule has 2 aliphatic heterocycles. The Bertz CT molecular complexity index is 632. The number of rotatable bonds is 2. The van der Waals surface area contributed by atoms with Crippen LogP contribution in [0.15, 0.2) is 12.3 Å². The maximum Gasteiger partial charge on any atom is 0.167 e. The van der Waals surface area contributed by atoms with Crippen molar-refractivity contribution in [3.05, 3.63) is 23.1 Å². The van der Waals surface area contributed by atoms with Gasteiger partial charge in [-0.05, 0) is 12.5 Å². The van der Waals surface area contributed by atoms with Crippen LogP contribution < -0.4 is 4.90 Å². The SMILES string of the molecule is O=S1(=O)CCC(N2CCN(c3ncc(Cl)cc3F)CC2)C1. The molecule has 8 heteroatoms. The van der Waals surface area contributed by atoms with E-state index in [1.807, 2.05) is 4.90 Å². The van der Waals surface area contributed by atoms with Gasteiger partial charge in [-0.25, -0.2) is 17.8 Å². The van der Waals surface area contributed by atoms with E-state index < -0.39 is 15.7 Å². The van der Waals surface area contributed by atoms with Gasteiger partial charge in [-0.15, -0.1) is 0 Å². The number of hydrogen-bond acceptors (Lipinski definition) is 5. The number of pyridine rings is 1. The van der Waals surface area contributed by atoms with Crippen molar-refractivity contribution in [3.8, 4) is 0 Å². The van der Waals surface area contributed by atoms with Crippen LogP contribution in [0.5, 0.6) is 0 Å². The second-order valence-electron chi connectivity index (χ2n) is 5.54. The highest BCUT2D eigenvalue weighted by Gasteiger charge is 2.34. The van der Waals surface area contributed by atoms with E-state index in [0.717, 1.165) is 13.1 Å². The molecule has 21 heavy (non-hydrogen) atoms. The Kier molecular flexibility index (Phi) is 4.07. The topological polar surface area (TPSA) is 53.5 Å². The Morgan fingerprint density at radius 2 is 2.00 bits per heavy atom. The lowest BCUT2D eigenvalue weighted by Gasteiger charge is -2.38. The zero-order valence-corrected chi connectivity index (χ0v) is 13.1. The Balaban J connectivity index is 1.63. The third-order valence-corrected chi connectivity index (χ3v) is 6.08. The average molecular weight is 334 g/mol. The fraction of sp³-hybridized carbons (Fsp3) is 0.615. The zero-order chi connectivity index (χ0) is 15.0. The molecule has 2 fully saturated rings. The first kappa shape index (κ1) is 15.0. The smallest absolute Gasteiger partial charge is 0.167 e. The van der Waals surface area contributed by atoms with Gasteiger partial charge in [0, 0.05) is 38.4 Å². The van der Waals surface area contributed by atoms with Crippen LogP contribution in [-0.2, 0) is 9.84 Å². The molecule has 1 unspecified atom stereocenters. The highest BCUT2D eigenvalue weighted by Crippen LogP contribution is 2.23. The Labute approximate surface area is 128 Å². The Morgan fingerprint density at radius 1 is 1.29 bits per heavy atom. The lowest BCUT2D eigenvalue weighted by Crippen LogP contribution is -2.51. The summed E-state index contributed by atoms with van der Waals surface area (Å²) in [6, 6.07) is 1.37. The van der Waals surface area contributed by atoms with Gasteiger partial charge < -0.3 is 4.90 Å². The summed E-state index contributed by atoms with van der Waals surface area (Å²) in [5, 5.41) is 0.283. The molecule has 5 nitrogen and oxygen atoms in total. The van der Waals surface area contributed by atoms with Crippen LogP contribution in [-0.4, -0.2) is 62.0 Å². The first-order chi connectivity index (χ1) is 9.94. The first-order valence-electron chi connectivity index (χ1n) is 6.95. The average Bonchev–Trinajstić information content (AvgIpc) is 2.79. The van der Waals surface area contributed by atoms with Crippen LogP contribution >= 0.6 is 11.6 Å². The predicted octanol–water partition coefficient (Wildman–Crippen LogP) is 1.18. The maximum atomic E-state index is 13.9. The molecule has 1 aromatic heterocycles. The van der Waals surface area contributed by atoms with Crippen LogP contribution in [0.25, 0.3) is 0 Å². The molecule has 116 valence electrons. The van der Waals surface area contributed by atoms with E-state index in [0.29, 0.717) is 25.3 Å². The molecular weight excluding hydrogens is 317 g/mol. The van der Waals surface area contributed by atoms with Gasteiger partial charge in [0.25, 0.3) is 0 Å². The molecule has 2 saturated heterocycles.